The average Bonchev–Trinajstić information content (AvgIpc) is 2.76. The van der Waals surface area contributed by atoms with Gasteiger partial charge in [-0.2, -0.15) is 0 Å². The van der Waals surface area contributed by atoms with Crippen molar-refractivity contribution >= 4 is 11.6 Å². The quantitative estimate of drug-likeness (QED) is 0.861. The van der Waals surface area contributed by atoms with Crippen molar-refractivity contribution in [2.24, 2.45) is 11.7 Å². The summed E-state index contributed by atoms with van der Waals surface area (Å²) in [5, 5.41) is 2.98. The van der Waals surface area contributed by atoms with Gasteiger partial charge in [0, 0.05) is 17.6 Å². The van der Waals surface area contributed by atoms with E-state index in [0.717, 1.165) is 24.9 Å². The van der Waals surface area contributed by atoms with Crippen molar-refractivity contribution < 1.29 is 4.79 Å². The number of anilines is 1. The Kier molecular flexibility index (Phi) is 4.02. The van der Waals surface area contributed by atoms with Crippen LogP contribution in [0.15, 0.2) is 24.3 Å². The minimum Gasteiger partial charge on any atom is -0.328 e. The van der Waals surface area contributed by atoms with Gasteiger partial charge in [0.2, 0.25) is 5.91 Å². The summed E-state index contributed by atoms with van der Waals surface area (Å²) < 4.78 is 0. The van der Waals surface area contributed by atoms with Crippen molar-refractivity contribution in [3.63, 3.8) is 0 Å². The molecule has 1 saturated carbocycles. The van der Waals surface area contributed by atoms with Gasteiger partial charge < -0.3 is 11.1 Å². The zero-order chi connectivity index (χ0) is 13.1. The number of hydrogen-bond acceptors (Lipinski definition) is 2. The topological polar surface area (TPSA) is 55.1 Å². The third kappa shape index (κ3) is 3.10. The second-order valence-corrected chi connectivity index (χ2v) is 5.54. The van der Waals surface area contributed by atoms with Crippen molar-refractivity contribution in [2.45, 2.75) is 45.1 Å². The monoisotopic (exact) mass is 246 g/mol. The molecule has 1 aliphatic rings. The Bertz CT molecular complexity index is 411. The second kappa shape index (κ2) is 5.53. The number of amides is 1. The number of rotatable bonds is 3. The lowest BCUT2D eigenvalue weighted by Gasteiger charge is -2.12. The lowest BCUT2D eigenvalue weighted by atomic mass is 10.0. The number of hydrogen-bond donors (Lipinski definition) is 2. The number of carbonyl (C=O) groups is 1. The van der Waals surface area contributed by atoms with Crippen LogP contribution in [0.3, 0.4) is 0 Å². The van der Waals surface area contributed by atoms with Gasteiger partial charge in [0.1, 0.15) is 0 Å². The van der Waals surface area contributed by atoms with E-state index in [0.29, 0.717) is 5.92 Å². The highest BCUT2D eigenvalue weighted by atomic mass is 16.1. The summed E-state index contributed by atoms with van der Waals surface area (Å²) in [6, 6.07) is 8.29. The Morgan fingerprint density at radius 2 is 1.94 bits per heavy atom. The van der Waals surface area contributed by atoms with E-state index >= 15 is 0 Å². The standard InChI is InChI=1S/C15H22N2O/c1-10(2)11-4-7-14(8-5-11)17-15(18)12-3-6-13(16)9-12/h4-5,7-8,10,12-13H,3,6,9,16H2,1-2H3,(H,17,18). The number of benzene rings is 1. The fraction of sp³-hybridized carbons (Fsp3) is 0.533. The maximum absolute atomic E-state index is 12.0. The van der Waals surface area contributed by atoms with Crippen LogP contribution in [-0.2, 0) is 4.79 Å². The summed E-state index contributed by atoms with van der Waals surface area (Å²) in [6.45, 7) is 4.32. The molecule has 0 heterocycles. The normalized spacial score (nSPS) is 23.3. The van der Waals surface area contributed by atoms with Crippen molar-refractivity contribution in [2.75, 3.05) is 5.32 Å². The third-order valence-corrected chi connectivity index (χ3v) is 3.69. The van der Waals surface area contributed by atoms with Crippen LogP contribution in [0.5, 0.6) is 0 Å². The van der Waals surface area contributed by atoms with Crippen LogP contribution in [0.1, 0.15) is 44.6 Å². The molecular formula is C15H22N2O. The van der Waals surface area contributed by atoms with Crippen molar-refractivity contribution in [1.29, 1.82) is 0 Å². The first kappa shape index (κ1) is 13.1. The predicted molar refractivity (Wildman–Crippen MR) is 74.5 cm³/mol. The average molecular weight is 246 g/mol. The summed E-state index contributed by atoms with van der Waals surface area (Å²) in [5.41, 5.74) is 8.00. The fourth-order valence-electron chi connectivity index (χ4n) is 2.45. The number of nitrogens with one attached hydrogen (secondary N) is 1. The summed E-state index contributed by atoms with van der Waals surface area (Å²) in [7, 11) is 0. The van der Waals surface area contributed by atoms with Gasteiger partial charge in [-0.05, 0) is 42.9 Å². The van der Waals surface area contributed by atoms with E-state index in [1.807, 2.05) is 12.1 Å². The summed E-state index contributed by atoms with van der Waals surface area (Å²) in [4.78, 5) is 12.0. The fourth-order valence-corrected chi connectivity index (χ4v) is 2.45. The van der Waals surface area contributed by atoms with Gasteiger partial charge in [0.15, 0.2) is 0 Å². The van der Waals surface area contributed by atoms with Crippen LogP contribution in [-0.4, -0.2) is 11.9 Å². The molecule has 98 valence electrons. The van der Waals surface area contributed by atoms with E-state index in [1.54, 1.807) is 0 Å². The predicted octanol–water partition coefficient (Wildman–Crippen LogP) is 2.88. The highest BCUT2D eigenvalue weighted by molar-refractivity contribution is 5.92. The molecule has 18 heavy (non-hydrogen) atoms. The Morgan fingerprint density at radius 1 is 1.28 bits per heavy atom. The minimum atomic E-state index is 0.0878. The van der Waals surface area contributed by atoms with Gasteiger partial charge in [0.05, 0.1) is 0 Å². The maximum Gasteiger partial charge on any atom is 0.227 e. The lowest BCUT2D eigenvalue weighted by molar-refractivity contribution is -0.119. The Hall–Kier alpha value is -1.35. The molecule has 0 bridgehead atoms. The molecule has 1 aromatic rings. The van der Waals surface area contributed by atoms with Crippen molar-refractivity contribution in [3.8, 4) is 0 Å². The molecule has 0 saturated heterocycles. The van der Waals surface area contributed by atoms with E-state index in [2.05, 4.69) is 31.3 Å². The van der Waals surface area contributed by atoms with Gasteiger partial charge >= 0.3 is 0 Å². The molecule has 3 nitrogen and oxygen atoms in total. The van der Waals surface area contributed by atoms with Crippen LogP contribution >= 0.6 is 0 Å². The molecule has 3 N–H and O–H groups in total. The SMILES string of the molecule is CC(C)c1ccc(NC(=O)C2CCC(N)C2)cc1. The molecule has 1 amide bonds. The summed E-state index contributed by atoms with van der Waals surface area (Å²) in [6.07, 6.45) is 2.69. The van der Waals surface area contributed by atoms with Gasteiger partial charge in [-0.15, -0.1) is 0 Å². The van der Waals surface area contributed by atoms with Gasteiger partial charge in [0.25, 0.3) is 0 Å². The largest absolute Gasteiger partial charge is 0.328 e. The van der Waals surface area contributed by atoms with E-state index in [-0.39, 0.29) is 17.9 Å². The molecule has 0 radical (unpaired) electrons. The Labute approximate surface area is 109 Å². The molecule has 3 heteroatoms. The van der Waals surface area contributed by atoms with E-state index < -0.39 is 0 Å². The lowest BCUT2D eigenvalue weighted by Crippen LogP contribution is -2.23. The Balaban J connectivity index is 1.95. The number of nitrogens with two attached hydrogens (primary N) is 1. The molecule has 2 rings (SSSR count). The smallest absolute Gasteiger partial charge is 0.227 e. The first-order valence-corrected chi connectivity index (χ1v) is 6.72. The number of carbonyl (C=O) groups excluding carboxylic acids is 1. The van der Waals surface area contributed by atoms with Gasteiger partial charge in [-0.3, -0.25) is 4.79 Å². The van der Waals surface area contributed by atoms with E-state index in [4.69, 9.17) is 5.73 Å². The first-order chi connectivity index (χ1) is 8.56. The van der Waals surface area contributed by atoms with E-state index in [1.165, 1.54) is 5.56 Å². The van der Waals surface area contributed by atoms with Crippen LogP contribution in [0.25, 0.3) is 0 Å². The van der Waals surface area contributed by atoms with Crippen LogP contribution in [0.4, 0.5) is 5.69 Å². The minimum absolute atomic E-state index is 0.0878. The van der Waals surface area contributed by atoms with Crippen LogP contribution < -0.4 is 11.1 Å². The maximum atomic E-state index is 12.0. The molecular weight excluding hydrogens is 224 g/mol. The third-order valence-electron chi connectivity index (χ3n) is 3.69. The molecule has 1 aliphatic carbocycles. The molecule has 0 aliphatic heterocycles. The van der Waals surface area contributed by atoms with Crippen molar-refractivity contribution in [1.82, 2.24) is 0 Å². The molecule has 1 aromatic carbocycles. The Morgan fingerprint density at radius 3 is 2.44 bits per heavy atom. The molecule has 0 spiro atoms. The van der Waals surface area contributed by atoms with Crippen LogP contribution in [0.2, 0.25) is 0 Å². The molecule has 2 unspecified atom stereocenters. The molecule has 2 atom stereocenters. The second-order valence-electron chi connectivity index (χ2n) is 5.54. The molecule has 0 aromatic heterocycles. The first-order valence-electron chi connectivity index (χ1n) is 6.72. The highest BCUT2D eigenvalue weighted by Crippen LogP contribution is 2.25. The zero-order valence-electron chi connectivity index (χ0n) is 11.1. The van der Waals surface area contributed by atoms with Gasteiger partial charge in [-0.25, -0.2) is 0 Å². The molecule has 1 fully saturated rings. The summed E-state index contributed by atoms with van der Waals surface area (Å²) >= 11 is 0. The van der Waals surface area contributed by atoms with E-state index in [9.17, 15) is 4.79 Å². The van der Waals surface area contributed by atoms with Crippen molar-refractivity contribution in [3.05, 3.63) is 29.8 Å². The van der Waals surface area contributed by atoms with Crippen LogP contribution in [0, 0.1) is 5.92 Å². The van der Waals surface area contributed by atoms with Gasteiger partial charge in [-0.1, -0.05) is 26.0 Å². The summed E-state index contributed by atoms with van der Waals surface area (Å²) in [5.74, 6) is 0.715. The zero-order valence-corrected chi connectivity index (χ0v) is 11.1. The highest BCUT2D eigenvalue weighted by Gasteiger charge is 2.27.